The van der Waals surface area contributed by atoms with Crippen molar-refractivity contribution in [3.63, 3.8) is 0 Å². The Hall–Kier alpha value is -2.08. The maximum Gasteiger partial charge on any atom is 0.311 e. The fourth-order valence-electron chi connectivity index (χ4n) is 2.23. The molecule has 1 amide bonds. The molecular weight excluding hydrogens is 274 g/mol. The number of carboxylic acid groups (broad SMARTS) is 1. The molecule has 1 N–H and O–H groups in total. The maximum atomic E-state index is 12.1. The zero-order valence-electron chi connectivity index (χ0n) is 12.1. The lowest BCUT2D eigenvalue weighted by molar-refractivity contribution is -0.144. The molecule has 1 aliphatic rings. The molecule has 1 fully saturated rings. The van der Waals surface area contributed by atoms with Gasteiger partial charge in [0.2, 0.25) is 0 Å². The van der Waals surface area contributed by atoms with Crippen molar-refractivity contribution >= 4 is 11.9 Å². The molecule has 2 rings (SSSR count). The Labute approximate surface area is 123 Å². The summed E-state index contributed by atoms with van der Waals surface area (Å²) in [5.41, 5.74) is 1.11. The van der Waals surface area contributed by atoms with Gasteiger partial charge >= 0.3 is 5.97 Å². The van der Waals surface area contributed by atoms with Crippen molar-refractivity contribution in [2.24, 2.45) is 5.92 Å². The largest absolute Gasteiger partial charge is 0.484 e. The highest BCUT2D eigenvalue weighted by molar-refractivity contribution is 5.79. The van der Waals surface area contributed by atoms with Gasteiger partial charge in [0.15, 0.2) is 6.61 Å². The number of rotatable bonds is 5. The monoisotopic (exact) mass is 293 g/mol. The normalized spacial score (nSPS) is 21.0. The molecule has 0 aliphatic carbocycles. The number of nitrogens with zero attached hydrogens (tertiary/aromatic N) is 1. The topological polar surface area (TPSA) is 76.1 Å². The van der Waals surface area contributed by atoms with Crippen molar-refractivity contribution < 1.29 is 24.2 Å². The second-order valence-electron chi connectivity index (χ2n) is 5.16. The standard InChI is InChI=1S/C15H19NO5/c1-10-3-5-11(6-4-10)21-9-14(17)16(2)13-8-20-7-12(13)15(18)19/h3-6,12-13H,7-9H2,1-2H3,(H,18,19). The van der Waals surface area contributed by atoms with E-state index in [4.69, 9.17) is 14.6 Å². The second kappa shape index (κ2) is 6.58. The van der Waals surface area contributed by atoms with Crippen LogP contribution in [0.1, 0.15) is 5.56 Å². The summed E-state index contributed by atoms with van der Waals surface area (Å²) in [5.74, 6) is -1.29. The van der Waals surface area contributed by atoms with Gasteiger partial charge in [0.1, 0.15) is 11.7 Å². The van der Waals surface area contributed by atoms with Gasteiger partial charge < -0.3 is 19.5 Å². The number of aryl methyl sites for hydroxylation is 1. The SMILES string of the molecule is Cc1ccc(OCC(=O)N(C)C2COCC2C(=O)O)cc1. The molecule has 0 spiro atoms. The maximum absolute atomic E-state index is 12.1. The Morgan fingerprint density at radius 2 is 2.00 bits per heavy atom. The third-order valence-corrected chi connectivity index (χ3v) is 3.64. The summed E-state index contributed by atoms with van der Waals surface area (Å²) in [6.07, 6.45) is 0. The van der Waals surface area contributed by atoms with E-state index in [1.54, 1.807) is 19.2 Å². The molecule has 1 aliphatic heterocycles. The van der Waals surface area contributed by atoms with Crippen molar-refractivity contribution in [2.75, 3.05) is 26.9 Å². The number of ether oxygens (including phenoxy) is 2. The van der Waals surface area contributed by atoms with Gasteiger partial charge in [-0.05, 0) is 19.1 Å². The zero-order chi connectivity index (χ0) is 15.4. The number of hydrogen-bond donors (Lipinski definition) is 1. The van der Waals surface area contributed by atoms with Crippen molar-refractivity contribution in [3.8, 4) is 5.75 Å². The van der Waals surface area contributed by atoms with Gasteiger partial charge in [-0.25, -0.2) is 0 Å². The predicted octanol–water partition coefficient (Wildman–Crippen LogP) is 0.932. The minimum absolute atomic E-state index is 0.123. The number of aliphatic carboxylic acids is 1. The molecule has 2 unspecified atom stereocenters. The van der Waals surface area contributed by atoms with Crippen LogP contribution in [0.15, 0.2) is 24.3 Å². The third kappa shape index (κ3) is 3.72. The highest BCUT2D eigenvalue weighted by atomic mass is 16.5. The lowest BCUT2D eigenvalue weighted by atomic mass is 10.0. The quantitative estimate of drug-likeness (QED) is 0.874. The lowest BCUT2D eigenvalue weighted by Gasteiger charge is -2.26. The molecule has 0 bridgehead atoms. The summed E-state index contributed by atoms with van der Waals surface area (Å²) in [6.45, 7) is 2.22. The van der Waals surface area contributed by atoms with Gasteiger partial charge in [-0.3, -0.25) is 9.59 Å². The summed E-state index contributed by atoms with van der Waals surface area (Å²) < 4.78 is 10.6. The molecule has 1 aromatic carbocycles. The van der Waals surface area contributed by atoms with Gasteiger partial charge in [-0.1, -0.05) is 17.7 Å². The first-order valence-corrected chi connectivity index (χ1v) is 6.74. The Balaban J connectivity index is 1.90. The van der Waals surface area contributed by atoms with Gasteiger partial charge in [0.05, 0.1) is 19.3 Å². The highest BCUT2D eigenvalue weighted by Crippen LogP contribution is 2.19. The number of benzene rings is 1. The Kier molecular flexibility index (Phi) is 4.80. The minimum atomic E-state index is -0.948. The number of carbonyl (C=O) groups is 2. The third-order valence-electron chi connectivity index (χ3n) is 3.64. The first-order valence-electron chi connectivity index (χ1n) is 6.74. The molecule has 1 aromatic rings. The molecule has 0 saturated carbocycles. The van der Waals surface area contributed by atoms with Crippen LogP contribution in [-0.4, -0.2) is 54.8 Å². The first-order chi connectivity index (χ1) is 9.99. The zero-order valence-corrected chi connectivity index (χ0v) is 12.1. The predicted molar refractivity (Wildman–Crippen MR) is 75.2 cm³/mol. The molecule has 21 heavy (non-hydrogen) atoms. The molecule has 114 valence electrons. The molecule has 1 heterocycles. The Morgan fingerprint density at radius 3 is 2.62 bits per heavy atom. The number of carbonyl (C=O) groups excluding carboxylic acids is 1. The van der Waals surface area contributed by atoms with Crippen LogP contribution in [0, 0.1) is 12.8 Å². The van der Waals surface area contributed by atoms with Crippen molar-refractivity contribution in [3.05, 3.63) is 29.8 Å². The highest BCUT2D eigenvalue weighted by Gasteiger charge is 2.38. The van der Waals surface area contributed by atoms with E-state index < -0.39 is 17.9 Å². The van der Waals surface area contributed by atoms with E-state index in [1.165, 1.54) is 4.90 Å². The van der Waals surface area contributed by atoms with E-state index in [1.807, 2.05) is 19.1 Å². The Bertz CT molecular complexity index is 513. The van der Waals surface area contributed by atoms with Crippen LogP contribution >= 0.6 is 0 Å². The smallest absolute Gasteiger partial charge is 0.311 e. The van der Waals surface area contributed by atoms with E-state index in [9.17, 15) is 9.59 Å². The minimum Gasteiger partial charge on any atom is -0.484 e. The van der Waals surface area contributed by atoms with E-state index in [0.29, 0.717) is 5.75 Å². The fourth-order valence-corrected chi connectivity index (χ4v) is 2.23. The van der Waals surface area contributed by atoms with Crippen LogP contribution in [0.3, 0.4) is 0 Å². The van der Waals surface area contributed by atoms with E-state index >= 15 is 0 Å². The summed E-state index contributed by atoms with van der Waals surface area (Å²) in [6, 6.07) is 6.93. The van der Waals surface area contributed by atoms with E-state index in [-0.39, 0.29) is 25.7 Å². The molecule has 2 atom stereocenters. The first kappa shape index (κ1) is 15.3. The van der Waals surface area contributed by atoms with Crippen molar-refractivity contribution in [2.45, 2.75) is 13.0 Å². The number of amides is 1. The molecule has 1 saturated heterocycles. The van der Waals surface area contributed by atoms with Crippen LogP contribution in [0.25, 0.3) is 0 Å². The van der Waals surface area contributed by atoms with Gasteiger partial charge in [0.25, 0.3) is 5.91 Å². The van der Waals surface area contributed by atoms with Gasteiger partial charge in [-0.2, -0.15) is 0 Å². The molecule has 0 aromatic heterocycles. The molecule has 0 radical (unpaired) electrons. The van der Waals surface area contributed by atoms with Gasteiger partial charge in [0, 0.05) is 7.05 Å². The number of hydrogen-bond acceptors (Lipinski definition) is 4. The van der Waals surface area contributed by atoms with Crippen LogP contribution in [0.5, 0.6) is 5.75 Å². The molecular formula is C15H19NO5. The second-order valence-corrected chi connectivity index (χ2v) is 5.16. The van der Waals surface area contributed by atoms with E-state index in [2.05, 4.69) is 0 Å². The van der Waals surface area contributed by atoms with Crippen LogP contribution < -0.4 is 4.74 Å². The van der Waals surface area contributed by atoms with Crippen molar-refractivity contribution in [1.29, 1.82) is 0 Å². The average Bonchev–Trinajstić information content (AvgIpc) is 2.95. The summed E-state index contributed by atoms with van der Waals surface area (Å²) in [7, 11) is 1.58. The average molecular weight is 293 g/mol. The molecule has 6 nitrogen and oxygen atoms in total. The fraction of sp³-hybridized carbons (Fsp3) is 0.467. The lowest BCUT2D eigenvalue weighted by Crippen LogP contribution is -2.45. The molecule has 6 heteroatoms. The number of likely N-dealkylation sites (N-methyl/N-ethyl adjacent to an activating group) is 1. The van der Waals surface area contributed by atoms with Crippen molar-refractivity contribution in [1.82, 2.24) is 4.90 Å². The van der Waals surface area contributed by atoms with Crippen LogP contribution in [0.4, 0.5) is 0 Å². The summed E-state index contributed by atoms with van der Waals surface area (Å²) in [5, 5.41) is 9.10. The summed E-state index contributed by atoms with van der Waals surface area (Å²) in [4.78, 5) is 24.6. The summed E-state index contributed by atoms with van der Waals surface area (Å²) >= 11 is 0. The van der Waals surface area contributed by atoms with Gasteiger partial charge in [-0.15, -0.1) is 0 Å². The van der Waals surface area contributed by atoms with Crippen LogP contribution in [-0.2, 0) is 14.3 Å². The van der Waals surface area contributed by atoms with E-state index in [0.717, 1.165) is 5.56 Å². The number of carboxylic acids is 1. The Morgan fingerprint density at radius 1 is 1.33 bits per heavy atom. The van der Waals surface area contributed by atoms with Crippen LogP contribution in [0.2, 0.25) is 0 Å².